The Hall–Kier alpha value is -3.48. The molecule has 0 spiro atoms. The summed E-state index contributed by atoms with van der Waals surface area (Å²) in [7, 11) is 1.77. The molecule has 0 unspecified atom stereocenters. The molecule has 1 amide bonds. The molecule has 1 heterocycles. The molecule has 0 aliphatic carbocycles. The van der Waals surface area contributed by atoms with E-state index < -0.39 is 17.8 Å². The summed E-state index contributed by atoms with van der Waals surface area (Å²) in [5, 5.41) is 2.78. The first kappa shape index (κ1) is 19.3. The maximum atomic E-state index is 14.3. The monoisotopic (exact) mass is 381 g/mol. The van der Waals surface area contributed by atoms with Crippen LogP contribution in [0.15, 0.2) is 60.9 Å². The molecule has 0 bridgehead atoms. The minimum absolute atomic E-state index is 0.0490. The standard InChI is InChI=1S/C21H20FN3O3/c1-14(26)15-7-9-16(10-8-15)28-13-19(27)24-20(21-23-11-12-25(21)2)17-5-3-4-6-18(17)22/h3-12,20H,13H2,1-2H3,(H,24,27)/t20-/m1/s1. The van der Waals surface area contributed by atoms with E-state index in [1.807, 2.05) is 0 Å². The zero-order chi connectivity index (χ0) is 20.1. The van der Waals surface area contributed by atoms with Crippen molar-refractivity contribution in [3.8, 4) is 5.75 Å². The van der Waals surface area contributed by atoms with Crippen LogP contribution in [0.4, 0.5) is 4.39 Å². The Bertz CT molecular complexity index is 983. The van der Waals surface area contributed by atoms with E-state index in [9.17, 15) is 14.0 Å². The van der Waals surface area contributed by atoms with Gasteiger partial charge in [0, 0.05) is 30.6 Å². The number of rotatable bonds is 7. The second kappa shape index (κ2) is 8.47. The summed E-state index contributed by atoms with van der Waals surface area (Å²) < 4.78 is 21.5. The molecule has 0 saturated carbocycles. The number of aromatic nitrogens is 2. The third-order valence-corrected chi connectivity index (χ3v) is 4.27. The lowest BCUT2D eigenvalue weighted by atomic mass is 10.1. The van der Waals surface area contributed by atoms with Gasteiger partial charge < -0.3 is 14.6 Å². The largest absolute Gasteiger partial charge is 0.484 e. The van der Waals surface area contributed by atoms with Crippen LogP contribution in [0.1, 0.15) is 34.7 Å². The highest BCUT2D eigenvalue weighted by Gasteiger charge is 2.23. The number of carbonyl (C=O) groups is 2. The average molecular weight is 381 g/mol. The summed E-state index contributed by atoms with van der Waals surface area (Å²) in [4.78, 5) is 28.0. The molecule has 0 saturated heterocycles. The average Bonchev–Trinajstić information content (AvgIpc) is 3.11. The summed E-state index contributed by atoms with van der Waals surface area (Å²) in [6.07, 6.45) is 3.31. The van der Waals surface area contributed by atoms with Gasteiger partial charge in [0.25, 0.3) is 5.91 Å². The van der Waals surface area contributed by atoms with Crippen molar-refractivity contribution in [2.75, 3.05) is 6.61 Å². The molecule has 3 aromatic rings. The minimum atomic E-state index is -0.752. The molecule has 0 fully saturated rings. The summed E-state index contributed by atoms with van der Waals surface area (Å²) in [5.74, 6) is 0.0550. The molecule has 0 aliphatic heterocycles. The minimum Gasteiger partial charge on any atom is -0.484 e. The lowest BCUT2D eigenvalue weighted by Gasteiger charge is -2.20. The lowest BCUT2D eigenvalue weighted by Crippen LogP contribution is -2.35. The van der Waals surface area contributed by atoms with Gasteiger partial charge in [-0.25, -0.2) is 9.37 Å². The number of imidazole rings is 1. The van der Waals surface area contributed by atoms with Gasteiger partial charge in [-0.3, -0.25) is 9.59 Å². The number of ketones is 1. The van der Waals surface area contributed by atoms with E-state index in [1.54, 1.807) is 66.5 Å². The number of benzene rings is 2. The van der Waals surface area contributed by atoms with Crippen LogP contribution in [0.5, 0.6) is 5.75 Å². The smallest absolute Gasteiger partial charge is 0.258 e. The number of carbonyl (C=O) groups excluding carboxylic acids is 2. The molecule has 7 heteroatoms. The predicted molar refractivity (Wildman–Crippen MR) is 102 cm³/mol. The highest BCUT2D eigenvalue weighted by molar-refractivity contribution is 5.94. The molecular weight excluding hydrogens is 361 g/mol. The quantitative estimate of drug-likeness (QED) is 0.639. The van der Waals surface area contributed by atoms with Crippen molar-refractivity contribution in [1.29, 1.82) is 0 Å². The van der Waals surface area contributed by atoms with Gasteiger partial charge in [-0.2, -0.15) is 0 Å². The maximum absolute atomic E-state index is 14.3. The Morgan fingerprint density at radius 2 is 1.89 bits per heavy atom. The first-order valence-electron chi connectivity index (χ1n) is 8.70. The fraction of sp³-hybridized carbons (Fsp3) is 0.190. The van der Waals surface area contributed by atoms with Crippen LogP contribution >= 0.6 is 0 Å². The first-order chi connectivity index (χ1) is 13.5. The SMILES string of the molecule is CC(=O)c1ccc(OCC(=O)N[C@H](c2ccccc2F)c2nccn2C)cc1. The number of hydrogen-bond donors (Lipinski definition) is 1. The van der Waals surface area contributed by atoms with Gasteiger partial charge in [0.05, 0.1) is 0 Å². The van der Waals surface area contributed by atoms with Crippen molar-refractivity contribution >= 4 is 11.7 Å². The molecule has 28 heavy (non-hydrogen) atoms. The predicted octanol–water partition coefficient (Wildman–Crippen LogP) is 3.05. The second-order valence-electron chi connectivity index (χ2n) is 6.29. The van der Waals surface area contributed by atoms with E-state index in [2.05, 4.69) is 10.3 Å². The summed E-state index contributed by atoms with van der Waals surface area (Å²) in [5.41, 5.74) is 0.877. The molecule has 0 radical (unpaired) electrons. The van der Waals surface area contributed by atoms with E-state index >= 15 is 0 Å². The Morgan fingerprint density at radius 1 is 1.18 bits per heavy atom. The van der Waals surface area contributed by atoms with Crippen molar-refractivity contribution in [1.82, 2.24) is 14.9 Å². The normalized spacial score (nSPS) is 11.7. The number of amides is 1. The van der Waals surface area contributed by atoms with Crippen LogP contribution in [0.2, 0.25) is 0 Å². The zero-order valence-corrected chi connectivity index (χ0v) is 15.6. The van der Waals surface area contributed by atoms with Gasteiger partial charge in [-0.1, -0.05) is 18.2 Å². The lowest BCUT2D eigenvalue weighted by molar-refractivity contribution is -0.123. The summed E-state index contributed by atoms with van der Waals surface area (Å²) in [6.45, 7) is 1.22. The van der Waals surface area contributed by atoms with Crippen LogP contribution in [0, 0.1) is 5.82 Å². The molecule has 3 rings (SSSR count). The molecule has 2 aromatic carbocycles. The Kier molecular flexibility index (Phi) is 5.84. The zero-order valence-electron chi connectivity index (χ0n) is 15.6. The number of aryl methyl sites for hydroxylation is 1. The van der Waals surface area contributed by atoms with E-state index in [0.29, 0.717) is 22.7 Å². The molecule has 1 N–H and O–H groups in total. The molecule has 6 nitrogen and oxygen atoms in total. The maximum Gasteiger partial charge on any atom is 0.258 e. The number of hydrogen-bond acceptors (Lipinski definition) is 4. The van der Waals surface area contributed by atoms with Crippen LogP contribution < -0.4 is 10.1 Å². The number of Topliss-reactive ketones (excluding diaryl/α,β-unsaturated/α-hetero) is 1. The molecular formula is C21H20FN3O3. The van der Waals surface area contributed by atoms with E-state index in [-0.39, 0.29) is 12.4 Å². The van der Waals surface area contributed by atoms with Gasteiger partial charge >= 0.3 is 0 Å². The van der Waals surface area contributed by atoms with E-state index in [0.717, 1.165) is 0 Å². The van der Waals surface area contributed by atoms with Crippen LogP contribution in [0.25, 0.3) is 0 Å². The molecule has 1 atom stereocenters. The molecule has 1 aromatic heterocycles. The third-order valence-electron chi connectivity index (χ3n) is 4.27. The van der Waals surface area contributed by atoms with E-state index in [4.69, 9.17) is 4.74 Å². The van der Waals surface area contributed by atoms with Crippen LogP contribution in [0.3, 0.4) is 0 Å². The fourth-order valence-electron chi connectivity index (χ4n) is 2.78. The van der Waals surface area contributed by atoms with Gasteiger partial charge in [-0.05, 0) is 37.3 Å². The number of nitrogens with zero attached hydrogens (tertiary/aromatic N) is 2. The number of halogens is 1. The summed E-state index contributed by atoms with van der Waals surface area (Å²) in [6, 6.07) is 12.0. The van der Waals surface area contributed by atoms with Crippen molar-refractivity contribution in [2.24, 2.45) is 7.05 Å². The molecule has 144 valence electrons. The Labute approximate surface area is 162 Å². The van der Waals surface area contributed by atoms with Crippen molar-refractivity contribution in [2.45, 2.75) is 13.0 Å². The van der Waals surface area contributed by atoms with Crippen LogP contribution in [-0.4, -0.2) is 27.8 Å². The van der Waals surface area contributed by atoms with E-state index in [1.165, 1.54) is 13.0 Å². The fourth-order valence-corrected chi connectivity index (χ4v) is 2.78. The Balaban J connectivity index is 1.72. The van der Waals surface area contributed by atoms with Gasteiger partial charge in [-0.15, -0.1) is 0 Å². The highest BCUT2D eigenvalue weighted by atomic mass is 19.1. The Morgan fingerprint density at radius 3 is 2.50 bits per heavy atom. The highest BCUT2D eigenvalue weighted by Crippen LogP contribution is 2.23. The topological polar surface area (TPSA) is 73.2 Å². The number of nitrogens with one attached hydrogen (secondary N) is 1. The molecule has 0 aliphatic rings. The second-order valence-corrected chi connectivity index (χ2v) is 6.29. The van der Waals surface area contributed by atoms with Gasteiger partial charge in [0.2, 0.25) is 0 Å². The van der Waals surface area contributed by atoms with Gasteiger partial charge in [0.15, 0.2) is 12.4 Å². The third kappa shape index (κ3) is 4.43. The van der Waals surface area contributed by atoms with Crippen molar-refractivity contribution in [3.63, 3.8) is 0 Å². The first-order valence-corrected chi connectivity index (χ1v) is 8.70. The van der Waals surface area contributed by atoms with Crippen LogP contribution in [-0.2, 0) is 11.8 Å². The van der Waals surface area contributed by atoms with Gasteiger partial charge in [0.1, 0.15) is 23.4 Å². The number of ether oxygens (including phenoxy) is 1. The van der Waals surface area contributed by atoms with Crippen molar-refractivity contribution in [3.05, 3.63) is 83.7 Å². The van der Waals surface area contributed by atoms with Crippen molar-refractivity contribution < 1.29 is 18.7 Å². The summed E-state index contributed by atoms with van der Waals surface area (Å²) >= 11 is 0.